The molecule has 0 bridgehead atoms. The second kappa shape index (κ2) is 7.16. The molecular weight excluding hydrogens is 186 g/mol. The highest BCUT2D eigenvalue weighted by atomic mass is 16.1. The zero-order valence-corrected chi connectivity index (χ0v) is 9.36. The summed E-state index contributed by atoms with van der Waals surface area (Å²) < 4.78 is 0. The first-order chi connectivity index (χ1) is 7.38. The van der Waals surface area contributed by atoms with Crippen LogP contribution in [0.25, 0.3) is 0 Å². The second-order valence-corrected chi connectivity index (χ2v) is 3.88. The Kier molecular flexibility index (Phi) is 5.67. The van der Waals surface area contributed by atoms with E-state index in [0.29, 0.717) is 12.3 Å². The van der Waals surface area contributed by atoms with Gasteiger partial charge in [0.05, 0.1) is 0 Å². The smallest absolute Gasteiger partial charge is 0.120 e. The lowest BCUT2D eigenvalue weighted by atomic mass is 9.91. The Bertz CT molecular complexity index is 271. The highest BCUT2D eigenvalue weighted by molar-refractivity contribution is 5.51. The minimum atomic E-state index is 0.386. The lowest BCUT2D eigenvalue weighted by molar-refractivity contribution is -0.108. The van der Waals surface area contributed by atoms with Crippen LogP contribution in [-0.4, -0.2) is 11.3 Å². The molecule has 0 aromatic carbocycles. The molecule has 1 aromatic rings. The van der Waals surface area contributed by atoms with E-state index in [-0.39, 0.29) is 0 Å². The summed E-state index contributed by atoms with van der Waals surface area (Å²) in [6.07, 6.45) is 10.0. The number of aromatic nitrogens is 1. The molecular formula is C13H19NO. The Morgan fingerprint density at radius 2 is 2.07 bits per heavy atom. The van der Waals surface area contributed by atoms with Crippen molar-refractivity contribution in [2.24, 2.45) is 0 Å². The normalized spacial score (nSPS) is 12.3. The number of rotatable bonds is 7. The first-order valence-electron chi connectivity index (χ1n) is 5.72. The lowest BCUT2D eigenvalue weighted by Crippen LogP contribution is -2.00. The summed E-state index contributed by atoms with van der Waals surface area (Å²) in [7, 11) is 0. The van der Waals surface area contributed by atoms with Crippen molar-refractivity contribution in [2.45, 2.75) is 44.9 Å². The third-order valence-corrected chi connectivity index (χ3v) is 2.71. The van der Waals surface area contributed by atoms with E-state index >= 15 is 0 Å². The van der Waals surface area contributed by atoms with Gasteiger partial charge in [-0.1, -0.05) is 26.2 Å². The number of carbonyl (C=O) groups excluding carboxylic acids is 1. The molecule has 2 nitrogen and oxygen atoms in total. The van der Waals surface area contributed by atoms with E-state index in [2.05, 4.69) is 11.9 Å². The molecule has 0 fully saturated rings. The fourth-order valence-electron chi connectivity index (χ4n) is 1.81. The van der Waals surface area contributed by atoms with Gasteiger partial charge < -0.3 is 4.79 Å². The van der Waals surface area contributed by atoms with E-state index in [1.54, 1.807) is 12.4 Å². The highest BCUT2D eigenvalue weighted by Gasteiger charge is 2.09. The summed E-state index contributed by atoms with van der Waals surface area (Å²) in [5.41, 5.74) is 1.24. The topological polar surface area (TPSA) is 30.0 Å². The van der Waals surface area contributed by atoms with Crippen molar-refractivity contribution < 1.29 is 4.79 Å². The van der Waals surface area contributed by atoms with Gasteiger partial charge in [-0.25, -0.2) is 0 Å². The number of carbonyl (C=O) groups is 1. The van der Waals surface area contributed by atoms with Crippen LogP contribution in [-0.2, 0) is 4.79 Å². The summed E-state index contributed by atoms with van der Waals surface area (Å²) in [6.45, 7) is 2.20. The number of pyridine rings is 1. The molecule has 0 N–H and O–H groups in total. The van der Waals surface area contributed by atoms with Crippen LogP contribution in [0.15, 0.2) is 24.5 Å². The van der Waals surface area contributed by atoms with Crippen LogP contribution in [0.4, 0.5) is 0 Å². The quantitative estimate of drug-likeness (QED) is 0.505. The van der Waals surface area contributed by atoms with Crippen LogP contribution in [0.2, 0.25) is 0 Å². The third-order valence-electron chi connectivity index (χ3n) is 2.71. The van der Waals surface area contributed by atoms with Gasteiger partial charge in [0.25, 0.3) is 0 Å². The number of nitrogens with zero attached hydrogens (tertiary/aromatic N) is 1. The van der Waals surface area contributed by atoms with Gasteiger partial charge in [0.15, 0.2) is 0 Å². The average molecular weight is 205 g/mol. The molecule has 0 aliphatic heterocycles. The molecule has 1 heterocycles. The zero-order valence-electron chi connectivity index (χ0n) is 9.36. The van der Waals surface area contributed by atoms with E-state index in [4.69, 9.17) is 0 Å². The van der Waals surface area contributed by atoms with Crippen LogP contribution in [0.3, 0.4) is 0 Å². The monoisotopic (exact) mass is 205 g/mol. The molecule has 0 saturated heterocycles. The Hall–Kier alpha value is -1.18. The van der Waals surface area contributed by atoms with Crippen molar-refractivity contribution in [3.8, 4) is 0 Å². The first kappa shape index (κ1) is 11.9. The molecule has 0 saturated carbocycles. The maximum atomic E-state index is 10.6. The standard InChI is InChI=1S/C13H19NO/c1-2-3-4-5-12(8-11-15)13-6-9-14-10-7-13/h6-7,9-12H,2-5,8H2,1H3/t12-/m0/s1. The van der Waals surface area contributed by atoms with E-state index in [1.165, 1.54) is 24.8 Å². The molecule has 1 atom stereocenters. The molecule has 0 aliphatic rings. The Balaban J connectivity index is 2.53. The lowest BCUT2D eigenvalue weighted by Gasteiger charge is -2.13. The van der Waals surface area contributed by atoms with E-state index in [9.17, 15) is 4.79 Å². The second-order valence-electron chi connectivity index (χ2n) is 3.88. The Labute approximate surface area is 91.7 Å². The summed E-state index contributed by atoms with van der Waals surface area (Å²) >= 11 is 0. The Morgan fingerprint density at radius 3 is 2.67 bits per heavy atom. The predicted octanol–water partition coefficient (Wildman–Crippen LogP) is 3.33. The van der Waals surface area contributed by atoms with Gasteiger partial charge in [-0.15, -0.1) is 0 Å². The largest absolute Gasteiger partial charge is 0.303 e. The molecule has 1 aromatic heterocycles. The minimum Gasteiger partial charge on any atom is -0.303 e. The van der Waals surface area contributed by atoms with E-state index in [0.717, 1.165) is 12.7 Å². The van der Waals surface area contributed by atoms with Gasteiger partial charge in [-0.05, 0) is 30.0 Å². The molecule has 2 heteroatoms. The highest BCUT2D eigenvalue weighted by Crippen LogP contribution is 2.24. The fraction of sp³-hybridized carbons (Fsp3) is 0.538. The molecule has 15 heavy (non-hydrogen) atoms. The van der Waals surface area contributed by atoms with Crippen molar-refractivity contribution in [1.29, 1.82) is 0 Å². The summed E-state index contributed by atoms with van der Waals surface area (Å²) in [5, 5.41) is 0. The molecule has 0 aliphatic carbocycles. The van der Waals surface area contributed by atoms with Crippen molar-refractivity contribution in [1.82, 2.24) is 4.98 Å². The van der Waals surface area contributed by atoms with Gasteiger partial charge in [-0.3, -0.25) is 4.98 Å². The van der Waals surface area contributed by atoms with Gasteiger partial charge in [0.2, 0.25) is 0 Å². The maximum Gasteiger partial charge on any atom is 0.120 e. The molecule has 0 unspecified atom stereocenters. The van der Waals surface area contributed by atoms with Crippen LogP contribution in [0, 0.1) is 0 Å². The molecule has 0 amide bonds. The summed E-state index contributed by atoms with van der Waals surface area (Å²) in [6, 6.07) is 4.03. The zero-order chi connectivity index (χ0) is 10.9. The van der Waals surface area contributed by atoms with Gasteiger partial charge in [0, 0.05) is 18.8 Å². The van der Waals surface area contributed by atoms with E-state index in [1.807, 2.05) is 12.1 Å². The van der Waals surface area contributed by atoms with Gasteiger partial charge >= 0.3 is 0 Å². The number of aldehydes is 1. The molecule has 1 rings (SSSR count). The number of hydrogen-bond acceptors (Lipinski definition) is 2. The van der Waals surface area contributed by atoms with Gasteiger partial charge in [0.1, 0.15) is 6.29 Å². The van der Waals surface area contributed by atoms with Crippen LogP contribution in [0.5, 0.6) is 0 Å². The fourth-order valence-corrected chi connectivity index (χ4v) is 1.81. The van der Waals surface area contributed by atoms with Gasteiger partial charge in [-0.2, -0.15) is 0 Å². The first-order valence-corrected chi connectivity index (χ1v) is 5.72. The van der Waals surface area contributed by atoms with Crippen LogP contribution < -0.4 is 0 Å². The van der Waals surface area contributed by atoms with Crippen molar-refractivity contribution in [3.05, 3.63) is 30.1 Å². The maximum absolute atomic E-state index is 10.6. The van der Waals surface area contributed by atoms with Crippen molar-refractivity contribution in [2.75, 3.05) is 0 Å². The Morgan fingerprint density at radius 1 is 1.33 bits per heavy atom. The molecule has 0 radical (unpaired) electrons. The third kappa shape index (κ3) is 4.24. The van der Waals surface area contributed by atoms with E-state index < -0.39 is 0 Å². The predicted molar refractivity (Wildman–Crippen MR) is 61.8 cm³/mol. The van der Waals surface area contributed by atoms with Crippen molar-refractivity contribution >= 4 is 6.29 Å². The summed E-state index contributed by atoms with van der Waals surface area (Å²) in [5.74, 6) is 0.386. The number of unbranched alkanes of at least 4 members (excludes halogenated alkanes) is 2. The van der Waals surface area contributed by atoms with Crippen molar-refractivity contribution in [3.63, 3.8) is 0 Å². The summed E-state index contributed by atoms with van der Waals surface area (Å²) in [4.78, 5) is 14.6. The van der Waals surface area contributed by atoms with Crippen LogP contribution in [0.1, 0.15) is 50.5 Å². The molecule has 82 valence electrons. The SMILES string of the molecule is CCCCC[C@@H](CC=O)c1ccncc1. The van der Waals surface area contributed by atoms with Crippen LogP contribution >= 0.6 is 0 Å². The number of hydrogen-bond donors (Lipinski definition) is 0. The minimum absolute atomic E-state index is 0.386. The molecule has 0 spiro atoms. The average Bonchev–Trinajstić information content (AvgIpc) is 2.29.